The zero-order chi connectivity index (χ0) is 21.7. The van der Waals surface area contributed by atoms with E-state index >= 15 is 0 Å². The summed E-state index contributed by atoms with van der Waals surface area (Å²) in [5.74, 6) is 0.308. The fraction of sp³-hybridized carbons (Fsp3) is 0.286. The summed E-state index contributed by atoms with van der Waals surface area (Å²) in [6.07, 6.45) is 0. The summed E-state index contributed by atoms with van der Waals surface area (Å²) in [6, 6.07) is 13.5. The van der Waals surface area contributed by atoms with Gasteiger partial charge in [0.1, 0.15) is 5.82 Å². The molecule has 0 fully saturated rings. The Labute approximate surface area is 184 Å². The first-order valence-corrected chi connectivity index (χ1v) is 10.3. The lowest BCUT2D eigenvalue weighted by Gasteiger charge is -2.19. The molecule has 0 unspecified atom stereocenters. The Bertz CT molecular complexity index is 1060. The van der Waals surface area contributed by atoms with Crippen LogP contribution in [0.4, 0.5) is 4.39 Å². The van der Waals surface area contributed by atoms with Gasteiger partial charge in [0.2, 0.25) is 5.91 Å². The Balaban J connectivity index is 1.64. The lowest BCUT2D eigenvalue weighted by molar-refractivity contribution is -0.122. The predicted molar refractivity (Wildman–Crippen MR) is 118 cm³/mol. The van der Waals surface area contributed by atoms with Crippen LogP contribution in [0, 0.1) is 10.6 Å². The fourth-order valence-electron chi connectivity index (χ4n) is 2.94. The van der Waals surface area contributed by atoms with Crippen LogP contribution in [0.1, 0.15) is 12.5 Å². The molecule has 1 heterocycles. The molecule has 1 N–H and O–H groups in total. The average Bonchev–Trinajstić information content (AvgIpc) is 3.02. The first kappa shape index (κ1) is 22.1. The largest absolute Gasteiger partial charge is 0.351 e. The minimum absolute atomic E-state index is 0.124. The van der Waals surface area contributed by atoms with Gasteiger partial charge in [-0.15, -0.1) is 0 Å². The maximum Gasteiger partial charge on any atom is 0.234 e. The lowest BCUT2D eigenvalue weighted by Crippen LogP contribution is -2.38. The first-order valence-electron chi connectivity index (χ1n) is 9.50. The van der Waals surface area contributed by atoms with Crippen molar-refractivity contribution < 1.29 is 9.18 Å². The Hall–Kier alpha value is -2.55. The molecular weight excluding hydrogens is 425 g/mol. The number of carbonyl (C=O) groups is 1. The van der Waals surface area contributed by atoms with Gasteiger partial charge >= 0.3 is 0 Å². The van der Waals surface area contributed by atoms with Crippen LogP contribution in [0.3, 0.4) is 0 Å². The normalized spacial score (nSPS) is 11.1. The van der Waals surface area contributed by atoms with Gasteiger partial charge in [0.25, 0.3) is 0 Å². The fourth-order valence-corrected chi connectivity index (χ4v) is 3.25. The molecule has 0 aliphatic heterocycles. The summed E-state index contributed by atoms with van der Waals surface area (Å²) in [5, 5.41) is 8.14. The van der Waals surface area contributed by atoms with E-state index in [1.807, 2.05) is 47.7 Å². The van der Waals surface area contributed by atoms with Crippen molar-refractivity contribution in [2.24, 2.45) is 7.05 Å². The maximum absolute atomic E-state index is 13.0. The Morgan fingerprint density at radius 2 is 1.87 bits per heavy atom. The van der Waals surface area contributed by atoms with E-state index in [0.717, 1.165) is 17.0 Å². The molecule has 3 rings (SSSR count). The number of nitrogens with zero attached hydrogens (tertiary/aromatic N) is 4. The second-order valence-corrected chi connectivity index (χ2v) is 7.66. The minimum atomic E-state index is -0.299. The van der Waals surface area contributed by atoms with Gasteiger partial charge in [-0.25, -0.2) is 9.07 Å². The van der Waals surface area contributed by atoms with Crippen molar-refractivity contribution >= 4 is 29.7 Å². The van der Waals surface area contributed by atoms with Crippen molar-refractivity contribution in [2.45, 2.75) is 20.1 Å². The first-order chi connectivity index (χ1) is 14.4. The van der Waals surface area contributed by atoms with Crippen molar-refractivity contribution in [1.82, 2.24) is 24.6 Å². The van der Waals surface area contributed by atoms with E-state index in [1.54, 1.807) is 16.8 Å². The average molecular weight is 448 g/mol. The van der Waals surface area contributed by atoms with E-state index in [-0.39, 0.29) is 18.3 Å². The van der Waals surface area contributed by atoms with E-state index in [0.29, 0.717) is 29.6 Å². The van der Waals surface area contributed by atoms with Gasteiger partial charge < -0.3 is 9.88 Å². The number of hydrogen-bond acceptors (Lipinski definition) is 4. The summed E-state index contributed by atoms with van der Waals surface area (Å²) in [4.78, 5) is 14.3. The number of nitrogens with one attached hydrogen (secondary N) is 1. The zero-order valence-electron chi connectivity index (χ0n) is 16.8. The smallest absolute Gasteiger partial charge is 0.234 e. The number of amides is 1. The Kier molecular flexibility index (Phi) is 7.36. The number of benzene rings is 2. The molecule has 0 atom stereocenters. The van der Waals surface area contributed by atoms with Crippen molar-refractivity contribution in [3.8, 4) is 11.4 Å². The molecule has 0 radical (unpaired) electrons. The highest BCUT2D eigenvalue weighted by molar-refractivity contribution is 7.71. The highest BCUT2D eigenvalue weighted by atomic mass is 35.5. The van der Waals surface area contributed by atoms with Gasteiger partial charge in [-0.1, -0.05) is 30.7 Å². The monoisotopic (exact) mass is 447 g/mol. The van der Waals surface area contributed by atoms with E-state index in [9.17, 15) is 9.18 Å². The number of aromatic nitrogens is 3. The van der Waals surface area contributed by atoms with Crippen molar-refractivity contribution in [2.75, 3.05) is 13.1 Å². The van der Waals surface area contributed by atoms with Crippen LogP contribution in [0.25, 0.3) is 11.4 Å². The molecule has 3 aromatic rings. The highest BCUT2D eigenvalue weighted by Crippen LogP contribution is 2.20. The van der Waals surface area contributed by atoms with E-state index in [2.05, 4.69) is 10.4 Å². The molecular formula is C21H23ClFN5OS. The van der Waals surface area contributed by atoms with E-state index in [1.165, 1.54) is 12.1 Å². The summed E-state index contributed by atoms with van der Waals surface area (Å²) in [5.41, 5.74) is 1.75. The molecule has 1 amide bonds. The maximum atomic E-state index is 13.0. The van der Waals surface area contributed by atoms with Gasteiger partial charge in [0.15, 0.2) is 10.6 Å². The minimum Gasteiger partial charge on any atom is -0.351 e. The molecule has 0 bridgehead atoms. The quantitative estimate of drug-likeness (QED) is 0.530. The molecule has 30 heavy (non-hydrogen) atoms. The molecule has 158 valence electrons. The number of carbonyl (C=O) groups excluding carboxylic acids is 1. The summed E-state index contributed by atoms with van der Waals surface area (Å²) in [6.45, 7) is 3.56. The van der Waals surface area contributed by atoms with Crippen LogP contribution in [0.2, 0.25) is 5.02 Å². The van der Waals surface area contributed by atoms with Crippen LogP contribution in [-0.2, 0) is 25.1 Å². The molecule has 9 heteroatoms. The van der Waals surface area contributed by atoms with Gasteiger partial charge in [0.05, 0.1) is 13.2 Å². The SMILES string of the molecule is CCN(CC(=O)NCc1ccc(F)cc1)Cn1nc(-c2ccc(Cl)cc2)n(C)c1=S. The van der Waals surface area contributed by atoms with Gasteiger partial charge in [-0.3, -0.25) is 9.69 Å². The third-order valence-corrected chi connectivity index (χ3v) is 5.43. The molecule has 0 aliphatic carbocycles. The molecule has 0 aliphatic rings. The summed E-state index contributed by atoms with van der Waals surface area (Å²) < 4.78 is 17.1. The number of likely N-dealkylation sites (N-methyl/N-ethyl adjacent to an activating group) is 1. The Morgan fingerprint density at radius 1 is 1.20 bits per heavy atom. The second kappa shape index (κ2) is 9.97. The molecule has 2 aromatic carbocycles. The molecule has 1 aromatic heterocycles. The van der Waals surface area contributed by atoms with Crippen molar-refractivity contribution in [1.29, 1.82) is 0 Å². The topological polar surface area (TPSA) is 55.1 Å². The van der Waals surface area contributed by atoms with Crippen molar-refractivity contribution in [3.05, 3.63) is 69.7 Å². The predicted octanol–water partition coefficient (Wildman–Crippen LogP) is 4.01. The Morgan fingerprint density at radius 3 is 2.50 bits per heavy atom. The van der Waals surface area contributed by atoms with Crippen LogP contribution < -0.4 is 5.32 Å². The van der Waals surface area contributed by atoms with Crippen LogP contribution >= 0.6 is 23.8 Å². The third-order valence-electron chi connectivity index (χ3n) is 4.69. The number of halogens is 2. The molecule has 0 spiro atoms. The van der Waals surface area contributed by atoms with Gasteiger partial charge in [-0.2, -0.15) is 5.10 Å². The second-order valence-electron chi connectivity index (χ2n) is 6.86. The highest BCUT2D eigenvalue weighted by Gasteiger charge is 2.14. The third kappa shape index (κ3) is 5.53. The van der Waals surface area contributed by atoms with Crippen LogP contribution in [0.5, 0.6) is 0 Å². The van der Waals surface area contributed by atoms with Crippen LogP contribution in [0.15, 0.2) is 48.5 Å². The van der Waals surface area contributed by atoms with Gasteiger partial charge in [0, 0.05) is 24.2 Å². The zero-order valence-corrected chi connectivity index (χ0v) is 18.4. The summed E-state index contributed by atoms with van der Waals surface area (Å²) >= 11 is 11.5. The van der Waals surface area contributed by atoms with E-state index < -0.39 is 0 Å². The van der Waals surface area contributed by atoms with Crippen LogP contribution in [-0.4, -0.2) is 38.2 Å². The van der Waals surface area contributed by atoms with Crippen molar-refractivity contribution in [3.63, 3.8) is 0 Å². The molecule has 0 saturated carbocycles. The standard InChI is InChI=1S/C21H23ClFN5OS/c1-3-27(13-19(29)24-12-15-4-10-18(23)11-5-15)14-28-21(30)26(2)20(25-28)16-6-8-17(22)9-7-16/h4-11H,3,12-14H2,1-2H3,(H,24,29). The van der Waals surface area contributed by atoms with Gasteiger partial charge in [-0.05, 0) is 60.7 Å². The number of hydrogen-bond donors (Lipinski definition) is 1. The van der Waals surface area contributed by atoms with E-state index in [4.69, 9.17) is 23.8 Å². The molecule has 6 nitrogen and oxygen atoms in total. The lowest BCUT2D eigenvalue weighted by atomic mass is 10.2. The number of rotatable bonds is 8. The molecule has 0 saturated heterocycles. The summed E-state index contributed by atoms with van der Waals surface area (Å²) in [7, 11) is 1.86.